The molecule has 0 aliphatic carbocycles. The third kappa shape index (κ3) is 5.10. The van der Waals surface area contributed by atoms with E-state index in [1.807, 2.05) is 111 Å². The lowest BCUT2D eigenvalue weighted by Gasteiger charge is -2.11. The number of aromatic nitrogens is 5. The highest BCUT2D eigenvalue weighted by Crippen LogP contribution is 2.38. The average Bonchev–Trinajstić information content (AvgIpc) is 3.76. The third-order valence-corrected chi connectivity index (χ3v) is 8.28. The van der Waals surface area contributed by atoms with Gasteiger partial charge >= 0.3 is 0 Å². The molecule has 0 spiro atoms. The number of hydrogen-bond donors (Lipinski definition) is 0. The Morgan fingerprint density at radius 2 is 1.00 bits per heavy atom. The zero-order chi connectivity index (χ0) is 32.5. The van der Waals surface area contributed by atoms with Crippen LogP contribution in [-0.4, -0.2) is 24.5 Å². The molecule has 48 heavy (non-hydrogen) atoms. The summed E-state index contributed by atoms with van der Waals surface area (Å²) in [6, 6.07) is 51.1. The van der Waals surface area contributed by atoms with E-state index in [2.05, 4.69) is 59.2 Å². The Hall–Kier alpha value is -6.40. The van der Waals surface area contributed by atoms with Crippen LogP contribution in [0.5, 0.6) is 0 Å². The highest BCUT2D eigenvalue weighted by molar-refractivity contribution is 6.17. The largest absolute Gasteiger partial charge is 0.436 e. The van der Waals surface area contributed by atoms with Gasteiger partial charge in [0.15, 0.2) is 23.1 Å². The molecule has 230 valence electrons. The summed E-state index contributed by atoms with van der Waals surface area (Å²) >= 11 is 0. The first-order valence-electron chi connectivity index (χ1n) is 16.2. The van der Waals surface area contributed by atoms with Gasteiger partial charge in [-0.2, -0.15) is 0 Å². The molecule has 0 aliphatic rings. The lowest BCUT2D eigenvalue weighted by atomic mass is 10.1. The maximum absolute atomic E-state index is 6.30. The highest BCUT2D eigenvalue weighted by atomic mass is 16.3. The van der Waals surface area contributed by atoms with Gasteiger partial charge in [-0.3, -0.25) is 0 Å². The van der Waals surface area contributed by atoms with Crippen LogP contribution in [0.2, 0.25) is 0 Å². The minimum atomic E-state index is 0.598. The summed E-state index contributed by atoms with van der Waals surface area (Å²) in [5.41, 5.74) is 8.30. The second kappa shape index (κ2) is 12.4. The van der Waals surface area contributed by atoms with Crippen molar-refractivity contribution in [3.63, 3.8) is 0 Å². The number of rotatable bonds is 5. The molecule has 0 aliphatic heterocycles. The number of benzene rings is 6. The summed E-state index contributed by atoms with van der Waals surface area (Å²) in [7, 11) is 0. The number of hydrogen-bond acceptors (Lipinski definition) is 5. The minimum absolute atomic E-state index is 0.598. The molecular weight excluding hydrogens is 590 g/mol. The molecule has 6 aromatic carbocycles. The number of para-hydroxylation sites is 1. The lowest BCUT2D eigenvalue weighted by molar-refractivity contribution is 0.620. The molecule has 3 aromatic heterocycles. The Kier molecular flexibility index (Phi) is 7.51. The van der Waals surface area contributed by atoms with E-state index in [1.165, 1.54) is 0 Å². The van der Waals surface area contributed by atoms with Crippen molar-refractivity contribution in [1.29, 1.82) is 0 Å². The zero-order valence-electron chi connectivity index (χ0n) is 26.6. The molecule has 3 heterocycles. The fraction of sp³-hybridized carbons (Fsp3) is 0.0476. The molecular formula is C42H31N5O. The van der Waals surface area contributed by atoms with Gasteiger partial charge in [-0.15, -0.1) is 0 Å². The molecule has 6 heteroatoms. The van der Waals surface area contributed by atoms with E-state index < -0.39 is 0 Å². The van der Waals surface area contributed by atoms with Gasteiger partial charge in [0.05, 0.1) is 11.0 Å². The standard InChI is InChI=1S/C40H25N5O.C2H6/c1-4-13-26(14-5-1)37-42-38(27-15-6-2-7-16-27)44-39(43-37)29-19-12-20-30(25-29)45-33-22-11-10-21-31(33)32-23-24-34-35(36(32)45)41-40(46-34)28-17-8-3-9-18-28;1-2/h1-25H;1-2H3. The Morgan fingerprint density at radius 1 is 0.458 bits per heavy atom. The fourth-order valence-corrected chi connectivity index (χ4v) is 6.13. The molecule has 0 radical (unpaired) electrons. The second-order valence-electron chi connectivity index (χ2n) is 11.1. The van der Waals surface area contributed by atoms with Crippen LogP contribution in [0, 0.1) is 0 Å². The smallest absolute Gasteiger partial charge is 0.227 e. The number of oxazole rings is 1. The molecule has 0 fully saturated rings. The summed E-state index contributed by atoms with van der Waals surface area (Å²) in [6.45, 7) is 4.00. The summed E-state index contributed by atoms with van der Waals surface area (Å²) < 4.78 is 8.57. The van der Waals surface area contributed by atoms with Gasteiger partial charge in [0, 0.05) is 38.7 Å². The molecule has 0 unspecified atom stereocenters. The van der Waals surface area contributed by atoms with Crippen LogP contribution >= 0.6 is 0 Å². The van der Waals surface area contributed by atoms with Gasteiger partial charge in [-0.1, -0.05) is 123 Å². The molecule has 0 atom stereocenters. The van der Waals surface area contributed by atoms with Crippen LogP contribution < -0.4 is 0 Å². The van der Waals surface area contributed by atoms with Crippen molar-refractivity contribution in [2.24, 2.45) is 0 Å². The lowest BCUT2D eigenvalue weighted by Crippen LogP contribution is -2.01. The van der Waals surface area contributed by atoms with Crippen molar-refractivity contribution >= 4 is 32.9 Å². The minimum Gasteiger partial charge on any atom is -0.436 e. The van der Waals surface area contributed by atoms with Crippen molar-refractivity contribution in [2.75, 3.05) is 0 Å². The van der Waals surface area contributed by atoms with Crippen molar-refractivity contribution in [1.82, 2.24) is 24.5 Å². The van der Waals surface area contributed by atoms with Gasteiger partial charge < -0.3 is 8.98 Å². The normalized spacial score (nSPS) is 11.1. The van der Waals surface area contributed by atoms with Crippen LogP contribution in [0.25, 0.3) is 84.2 Å². The van der Waals surface area contributed by atoms with E-state index in [-0.39, 0.29) is 0 Å². The second-order valence-corrected chi connectivity index (χ2v) is 11.1. The molecule has 0 bridgehead atoms. The third-order valence-electron chi connectivity index (χ3n) is 8.28. The van der Waals surface area contributed by atoms with Gasteiger partial charge in [-0.05, 0) is 42.5 Å². The Morgan fingerprint density at radius 3 is 1.65 bits per heavy atom. The average molecular weight is 622 g/mol. The van der Waals surface area contributed by atoms with E-state index in [9.17, 15) is 0 Å². The summed E-state index contributed by atoms with van der Waals surface area (Å²) in [5, 5.41) is 2.26. The van der Waals surface area contributed by atoms with Crippen LogP contribution in [0.1, 0.15) is 13.8 Å². The molecule has 9 aromatic rings. The molecule has 0 amide bonds. The molecule has 0 saturated heterocycles. The molecule has 0 saturated carbocycles. The van der Waals surface area contributed by atoms with Gasteiger partial charge in [0.1, 0.15) is 5.52 Å². The SMILES string of the molecule is CC.c1ccc(-c2nc(-c3ccccc3)nc(-c3cccc(-n4c5ccccc5c5ccc6oc(-c7ccccc7)nc6c54)c3)n2)cc1. The predicted molar refractivity (Wildman–Crippen MR) is 195 cm³/mol. The monoisotopic (exact) mass is 621 g/mol. The van der Waals surface area contributed by atoms with Crippen LogP contribution in [0.15, 0.2) is 156 Å². The first-order chi connectivity index (χ1) is 23.8. The first kappa shape index (κ1) is 29.0. The molecule has 9 rings (SSSR count). The Labute approximate surface area is 278 Å². The van der Waals surface area contributed by atoms with Crippen LogP contribution in [0.4, 0.5) is 0 Å². The number of fused-ring (bicyclic) bond motifs is 5. The molecule has 6 nitrogen and oxygen atoms in total. The maximum Gasteiger partial charge on any atom is 0.227 e. The van der Waals surface area contributed by atoms with Gasteiger partial charge in [0.25, 0.3) is 0 Å². The van der Waals surface area contributed by atoms with Gasteiger partial charge in [0.2, 0.25) is 5.89 Å². The Bertz CT molecular complexity index is 2460. The van der Waals surface area contributed by atoms with Crippen molar-refractivity contribution in [3.05, 3.63) is 152 Å². The van der Waals surface area contributed by atoms with Crippen molar-refractivity contribution in [3.8, 4) is 51.3 Å². The van der Waals surface area contributed by atoms with Crippen LogP contribution in [0.3, 0.4) is 0 Å². The summed E-state index contributed by atoms with van der Waals surface area (Å²) in [6.07, 6.45) is 0. The highest BCUT2D eigenvalue weighted by Gasteiger charge is 2.20. The fourth-order valence-electron chi connectivity index (χ4n) is 6.13. The zero-order valence-corrected chi connectivity index (χ0v) is 26.6. The topological polar surface area (TPSA) is 69.6 Å². The summed E-state index contributed by atoms with van der Waals surface area (Å²) in [4.78, 5) is 19.9. The first-order valence-corrected chi connectivity index (χ1v) is 16.2. The van der Waals surface area contributed by atoms with E-state index in [0.717, 1.165) is 60.8 Å². The van der Waals surface area contributed by atoms with E-state index in [4.69, 9.17) is 24.4 Å². The predicted octanol–water partition coefficient (Wildman–Crippen LogP) is 10.8. The Balaban J connectivity index is 0.00000165. The van der Waals surface area contributed by atoms with E-state index >= 15 is 0 Å². The molecule has 0 N–H and O–H groups in total. The van der Waals surface area contributed by atoms with E-state index in [1.54, 1.807) is 0 Å². The van der Waals surface area contributed by atoms with Crippen LogP contribution in [-0.2, 0) is 0 Å². The van der Waals surface area contributed by atoms with E-state index in [0.29, 0.717) is 23.4 Å². The van der Waals surface area contributed by atoms with Crippen molar-refractivity contribution in [2.45, 2.75) is 13.8 Å². The number of nitrogens with zero attached hydrogens (tertiary/aromatic N) is 5. The van der Waals surface area contributed by atoms with Gasteiger partial charge in [-0.25, -0.2) is 19.9 Å². The summed E-state index contributed by atoms with van der Waals surface area (Å²) in [5.74, 6) is 2.46. The quantitative estimate of drug-likeness (QED) is 0.191. The van der Waals surface area contributed by atoms with Crippen molar-refractivity contribution < 1.29 is 4.42 Å². The maximum atomic E-state index is 6.30.